The monoisotopic (exact) mass is 282 g/mol. The summed E-state index contributed by atoms with van der Waals surface area (Å²) < 4.78 is 1.93. The Morgan fingerprint density at radius 2 is 2.21 bits per heavy atom. The van der Waals surface area contributed by atoms with Gasteiger partial charge in [0.1, 0.15) is 0 Å². The van der Waals surface area contributed by atoms with Crippen LogP contribution in [-0.2, 0) is 20.0 Å². The van der Waals surface area contributed by atoms with Crippen molar-refractivity contribution < 1.29 is 0 Å². The maximum absolute atomic E-state index is 6.39. The Balaban J connectivity index is 1.65. The average molecular weight is 283 g/mol. The Labute approximate surface area is 120 Å². The molecule has 2 aliphatic rings. The molecule has 2 fully saturated rings. The molecule has 0 radical (unpaired) electrons. The van der Waals surface area contributed by atoms with E-state index in [-0.39, 0.29) is 0 Å². The lowest BCUT2D eigenvalue weighted by Gasteiger charge is -2.21. The van der Waals surface area contributed by atoms with Gasteiger partial charge in [-0.3, -0.25) is 9.58 Å². The largest absolute Gasteiger partial charge is 0.307 e. The smallest absolute Gasteiger partial charge is 0.0863 e. The molecule has 4 nitrogen and oxygen atoms in total. The van der Waals surface area contributed by atoms with Crippen LogP contribution in [0.15, 0.2) is 0 Å². The third-order valence-corrected chi connectivity index (χ3v) is 5.08. The molecule has 5 heteroatoms. The third-order valence-electron chi connectivity index (χ3n) is 4.64. The summed E-state index contributed by atoms with van der Waals surface area (Å²) in [5.41, 5.74) is 2.13. The van der Waals surface area contributed by atoms with Gasteiger partial charge in [0, 0.05) is 32.2 Å². The molecule has 0 aromatic carbocycles. The summed E-state index contributed by atoms with van der Waals surface area (Å²) in [6.07, 6.45) is 4.86. The van der Waals surface area contributed by atoms with E-state index in [4.69, 9.17) is 11.6 Å². The standard InChI is InChI=1S/C14H23ClN4/c1-3-10-14(15)13(18(2)17-10)9-16-11-6-8-19-7-4-5-12(11)19/h11-12,16H,3-9H2,1-2H3. The lowest BCUT2D eigenvalue weighted by molar-refractivity contribution is 0.298. The van der Waals surface area contributed by atoms with E-state index in [2.05, 4.69) is 22.2 Å². The van der Waals surface area contributed by atoms with Crippen LogP contribution in [0.1, 0.15) is 37.6 Å². The van der Waals surface area contributed by atoms with Crippen molar-refractivity contribution in [3.8, 4) is 0 Å². The second kappa shape index (κ2) is 5.43. The van der Waals surface area contributed by atoms with Gasteiger partial charge in [0.05, 0.1) is 16.4 Å². The van der Waals surface area contributed by atoms with Crippen molar-refractivity contribution in [1.29, 1.82) is 0 Å². The van der Waals surface area contributed by atoms with Crippen LogP contribution in [0.2, 0.25) is 5.02 Å². The van der Waals surface area contributed by atoms with Crippen molar-refractivity contribution in [1.82, 2.24) is 20.0 Å². The summed E-state index contributed by atoms with van der Waals surface area (Å²) in [5, 5.41) is 9.02. The lowest BCUT2D eigenvalue weighted by atomic mass is 10.1. The summed E-state index contributed by atoms with van der Waals surface area (Å²) in [7, 11) is 1.98. The van der Waals surface area contributed by atoms with E-state index in [0.29, 0.717) is 6.04 Å². The summed E-state index contributed by atoms with van der Waals surface area (Å²) in [6, 6.07) is 1.37. The van der Waals surface area contributed by atoms with Crippen LogP contribution >= 0.6 is 11.6 Å². The fourth-order valence-corrected chi connectivity index (χ4v) is 3.92. The van der Waals surface area contributed by atoms with Crippen molar-refractivity contribution in [2.24, 2.45) is 7.05 Å². The number of hydrogen-bond donors (Lipinski definition) is 1. The topological polar surface area (TPSA) is 33.1 Å². The molecule has 2 aliphatic heterocycles. The number of hydrogen-bond acceptors (Lipinski definition) is 3. The summed E-state index contributed by atoms with van der Waals surface area (Å²) in [5.74, 6) is 0. The molecule has 3 rings (SSSR count). The van der Waals surface area contributed by atoms with Crippen LogP contribution < -0.4 is 5.32 Å². The molecule has 3 heterocycles. The van der Waals surface area contributed by atoms with Crippen molar-refractivity contribution in [3.63, 3.8) is 0 Å². The number of rotatable bonds is 4. The first-order valence-electron chi connectivity index (χ1n) is 7.38. The minimum absolute atomic E-state index is 0.624. The number of nitrogens with zero attached hydrogens (tertiary/aromatic N) is 3. The zero-order chi connectivity index (χ0) is 13.4. The molecule has 2 unspecified atom stereocenters. The van der Waals surface area contributed by atoms with Crippen LogP contribution in [0.25, 0.3) is 0 Å². The maximum Gasteiger partial charge on any atom is 0.0863 e. The van der Waals surface area contributed by atoms with Gasteiger partial charge in [-0.1, -0.05) is 18.5 Å². The first kappa shape index (κ1) is 13.4. The Morgan fingerprint density at radius 3 is 2.95 bits per heavy atom. The molecule has 19 heavy (non-hydrogen) atoms. The minimum atomic E-state index is 0.624. The van der Waals surface area contributed by atoms with Gasteiger partial charge in [0.2, 0.25) is 0 Å². The average Bonchev–Trinajstić information content (AvgIpc) is 3.05. The normalized spacial score (nSPS) is 27.1. The highest BCUT2D eigenvalue weighted by atomic mass is 35.5. The molecule has 2 atom stereocenters. The van der Waals surface area contributed by atoms with E-state index in [9.17, 15) is 0 Å². The SMILES string of the molecule is CCc1nn(C)c(CNC2CCN3CCCC23)c1Cl. The van der Waals surface area contributed by atoms with Crippen molar-refractivity contribution in [2.75, 3.05) is 13.1 Å². The number of fused-ring (bicyclic) bond motifs is 1. The molecular weight excluding hydrogens is 260 g/mol. The molecule has 1 aromatic rings. The predicted molar refractivity (Wildman–Crippen MR) is 77.4 cm³/mol. The highest BCUT2D eigenvalue weighted by molar-refractivity contribution is 6.31. The summed E-state index contributed by atoms with van der Waals surface area (Å²) in [4.78, 5) is 2.62. The Bertz CT molecular complexity index is 457. The highest BCUT2D eigenvalue weighted by Gasteiger charge is 2.36. The summed E-state index contributed by atoms with van der Waals surface area (Å²) >= 11 is 6.39. The van der Waals surface area contributed by atoms with Gasteiger partial charge in [0.25, 0.3) is 0 Å². The number of nitrogens with one attached hydrogen (secondary N) is 1. The molecule has 106 valence electrons. The molecular formula is C14H23ClN4. The van der Waals surface area contributed by atoms with Gasteiger partial charge >= 0.3 is 0 Å². The molecule has 0 amide bonds. The fourth-order valence-electron chi connectivity index (χ4n) is 3.56. The predicted octanol–water partition coefficient (Wildman–Crippen LogP) is 1.96. The molecule has 0 aliphatic carbocycles. The molecule has 0 spiro atoms. The molecule has 0 saturated carbocycles. The zero-order valence-corrected chi connectivity index (χ0v) is 12.6. The number of aryl methyl sites for hydroxylation is 2. The third kappa shape index (κ3) is 2.41. The van der Waals surface area contributed by atoms with Gasteiger partial charge in [-0.2, -0.15) is 5.10 Å². The highest BCUT2D eigenvalue weighted by Crippen LogP contribution is 2.28. The van der Waals surface area contributed by atoms with Crippen molar-refractivity contribution in [3.05, 3.63) is 16.4 Å². The second-order valence-corrected chi connectivity index (χ2v) is 6.08. The Kier molecular flexibility index (Phi) is 3.83. The van der Waals surface area contributed by atoms with Gasteiger partial charge in [-0.05, 0) is 32.2 Å². The van der Waals surface area contributed by atoms with Crippen molar-refractivity contribution in [2.45, 2.75) is 51.2 Å². The quantitative estimate of drug-likeness (QED) is 0.917. The van der Waals surface area contributed by atoms with Gasteiger partial charge in [-0.15, -0.1) is 0 Å². The molecule has 1 aromatic heterocycles. The van der Waals surface area contributed by atoms with E-state index in [0.717, 1.165) is 35.4 Å². The molecule has 1 N–H and O–H groups in total. The van der Waals surface area contributed by atoms with Crippen molar-refractivity contribution >= 4 is 11.6 Å². The van der Waals surface area contributed by atoms with Gasteiger partial charge in [-0.25, -0.2) is 0 Å². The zero-order valence-electron chi connectivity index (χ0n) is 11.8. The number of halogens is 1. The Hall–Kier alpha value is -0.580. The van der Waals surface area contributed by atoms with E-state index in [1.807, 2.05) is 11.7 Å². The fraction of sp³-hybridized carbons (Fsp3) is 0.786. The molecule has 2 saturated heterocycles. The molecule has 0 bridgehead atoms. The Morgan fingerprint density at radius 1 is 1.37 bits per heavy atom. The van der Waals surface area contributed by atoms with Crippen LogP contribution in [0.5, 0.6) is 0 Å². The number of aromatic nitrogens is 2. The van der Waals surface area contributed by atoms with Crippen LogP contribution in [0, 0.1) is 0 Å². The second-order valence-electron chi connectivity index (χ2n) is 5.71. The van der Waals surface area contributed by atoms with E-state index in [1.165, 1.54) is 32.4 Å². The van der Waals surface area contributed by atoms with E-state index in [1.54, 1.807) is 0 Å². The maximum atomic E-state index is 6.39. The van der Waals surface area contributed by atoms with Crippen LogP contribution in [0.4, 0.5) is 0 Å². The first-order valence-corrected chi connectivity index (χ1v) is 7.76. The van der Waals surface area contributed by atoms with E-state index < -0.39 is 0 Å². The lowest BCUT2D eigenvalue weighted by Crippen LogP contribution is -2.39. The van der Waals surface area contributed by atoms with Crippen LogP contribution in [-0.4, -0.2) is 39.9 Å². The minimum Gasteiger partial charge on any atom is -0.307 e. The van der Waals surface area contributed by atoms with Gasteiger partial charge in [0.15, 0.2) is 0 Å². The van der Waals surface area contributed by atoms with E-state index >= 15 is 0 Å². The van der Waals surface area contributed by atoms with Crippen LogP contribution in [0.3, 0.4) is 0 Å². The summed E-state index contributed by atoms with van der Waals surface area (Å²) in [6.45, 7) is 5.47. The first-order chi connectivity index (χ1) is 9.20. The van der Waals surface area contributed by atoms with Gasteiger partial charge < -0.3 is 5.32 Å².